The van der Waals surface area contributed by atoms with Crippen LogP contribution in [0.3, 0.4) is 0 Å². The minimum absolute atomic E-state index is 0.0340. The number of hydrogen-bond acceptors (Lipinski definition) is 8. The molecule has 2 heterocycles. The van der Waals surface area contributed by atoms with Crippen LogP contribution in [0.5, 0.6) is 5.75 Å². The lowest BCUT2D eigenvalue weighted by atomic mass is 10.0. The van der Waals surface area contributed by atoms with E-state index in [-0.39, 0.29) is 13.2 Å². The molecule has 0 spiro atoms. The van der Waals surface area contributed by atoms with Crippen LogP contribution < -0.4 is 9.64 Å². The molecule has 172 valence electrons. The molecule has 1 atom stereocenters. The Balaban J connectivity index is 1.92. The van der Waals surface area contributed by atoms with Gasteiger partial charge in [0, 0.05) is 29.9 Å². The van der Waals surface area contributed by atoms with Crippen molar-refractivity contribution in [2.75, 3.05) is 31.2 Å². The molecule has 0 radical (unpaired) electrons. The van der Waals surface area contributed by atoms with Crippen LogP contribution in [-0.2, 0) is 6.42 Å². The Bertz CT molecular complexity index is 1050. The summed E-state index contributed by atoms with van der Waals surface area (Å²) in [5, 5.41) is 22.8. The predicted molar refractivity (Wildman–Crippen MR) is 124 cm³/mol. The predicted octanol–water partition coefficient (Wildman–Crippen LogP) is 3.56. The van der Waals surface area contributed by atoms with Crippen LogP contribution in [0.1, 0.15) is 37.6 Å². The summed E-state index contributed by atoms with van der Waals surface area (Å²) in [4.78, 5) is 11.5. The smallest absolute Gasteiger partial charge is 0.258 e. The van der Waals surface area contributed by atoms with Gasteiger partial charge in [0.2, 0.25) is 5.82 Å². The molecule has 0 aliphatic heterocycles. The van der Waals surface area contributed by atoms with E-state index in [2.05, 4.69) is 33.9 Å². The summed E-state index contributed by atoms with van der Waals surface area (Å²) in [6.45, 7) is 11.6. The van der Waals surface area contributed by atoms with Crippen molar-refractivity contribution in [2.45, 2.75) is 47.1 Å². The van der Waals surface area contributed by atoms with E-state index in [1.54, 1.807) is 0 Å². The highest BCUT2D eigenvalue weighted by Gasteiger charge is 2.17. The third kappa shape index (κ3) is 5.26. The number of anilines is 1. The fraction of sp³-hybridized carbons (Fsp3) is 0.458. The molecule has 8 heteroatoms. The molecule has 2 N–H and O–H groups in total. The van der Waals surface area contributed by atoms with E-state index >= 15 is 0 Å². The molecule has 2 aromatic heterocycles. The van der Waals surface area contributed by atoms with Gasteiger partial charge in [-0.05, 0) is 69.5 Å². The van der Waals surface area contributed by atoms with E-state index < -0.39 is 6.10 Å². The maximum Gasteiger partial charge on any atom is 0.258 e. The van der Waals surface area contributed by atoms with E-state index in [0.29, 0.717) is 17.5 Å². The van der Waals surface area contributed by atoms with Gasteiger partial charge in [-0.2, -0.15) is 4.98 Å². The quantitative estimate of drug-likeness (QED) is 0.493. The van der Waals surface area contributed by atoms with Gasteiger partial charge in [-0.1, -0.05) is 12.1 Å². The van der Waals surface area contributed by atoms with Crippen LogP contribution >= 0.6 is 0 Å². The van der Waals surface area contributed by atoms with Crippen LogP contribution in [0, 0.1) is 13.8 Å². The summed E-state index contributed by atoms with van der Waals surface area (Å²) >= 11 is 0. The first kappa shape index (κ1) is 23.7. The van der Waals surface area contributed by atoms with Crippen molar-refractivity contribution in [1.82, 2.24) is 15.1 Å². The van der Waals surface area contributed by atoms with Gasteiger partial charge in [0.25, 0.3) is 5.89 Å². The van der Waals surface area contributed by atoms with Gasteiger partial charge in [0.1, 0.15) is 24.3 Å². The number of ether oxygens (including phenoxy) is 1. The maximum atomic E-state index is 9.61. The average Bonchev–Trinajstić information content (AvgIpc) is 3.28. The Morgan fingerprint density at radius 1 is 1.03 bits per heavy atom. The highest BCUT2D eigenvalue weighted by Crippen LogP contribution is 2.32. The number of pyridine rings is 1. The topological polar surface area (TPSA) is 105 Å². The van der Waals surface area contributed by atoms with Crippen molar-refractivity contribution in [1.29, 1.82) is 0 Å². The van der Waals surface area contributed by atoms with Crippen LogP contribution in [-0.4, -0.2) is 57.7 Å². The second-order valence-electron chi connectivity index (χ2n) is 7.73. The zero-order valence-electron chi connectivity index (χ0n) is 19.4. The van der Waals surface area contributed by atoms with E-state index in [1.807, 2.05) is 45.0 Å². The first-order chi connectivity index (χ1) is 15.4. The summed E-state index contributed by atoms with van der Waals surface area (Å²) in [7, 11) is 0. The number of nitrogens with zero attached hydrogens (tertiary/aromatic N) is 4. The van der Waals surface area contributed by atoms with E-state index in [1.165, 1.54) is 0 Å². The first-order valence-electron chi connectivity index (χ1n) is 11.0. The molecule has 32 heavy (non-hydrogen) atoms. The highest BCUT2D eigenvalue weighted by atomic mass is 16.5. The Hall–Kier alpha value is -2.97. The number of aryl methyl sites for hydroxylation is 3. The molecule has 3 aromatic rings. The van der Waals surface area contributed by atoms with Crippen molar-refractivity contribution in [3.05, 3.63) is 41.1 Å². The zero-order chi connectivity index (χ0) is 23.3. The lowest BCUT2D eigenvalue weighted by Gasteiger charge is -2.20. The van der Waals surface area contributed by atoms with Crippen molar-refractivity contribution in [2.24, 2.45) is 0 Å². The molecule has 0 fully saturated rings. The number of aromatic nitrogens is 3. The Morgan fingerprint density at radius 3 is 2.44 bits per heavy atom. The molecule has 1 aromatic carbocycles. The van der Waals surface area contributed by atoms with Crippen molar-refractivity contribution in [3.63, 3.8) is 0 Å². The minimum Gasteiger partial charge on any atom is -0.490 e. The third-order valence-electron chi connectivity index (χ3n) is 5.32. The zero-order valence-corrected chi connectivity index (χ0v) is 19.4. The fourth-order valence-electron chi connectivity index (χ4n) is 3.62. The molecule has 0 saturated heterocycles. The van der Waals surface area contributed by atoms with Crippen LogP contribution in [0.2, 0.25) is 0 Å². The Kier molecular flexibility index (Phi) is 7.82. The van der Waals surface area contributed by atoms with Gasteiger partial charge in [-0.25, -0.2) is 4.98 Å². The number of benzene rings is 1. The third-order valence-corrected chi connectivity index (χ3v) is 5.32. The Morgan fingerprint density at radius 2 is 1.78 bits per heavy atom. The monoisotopic (exact) mass is 440 g/mol. The normalized spacial score (nSPS) is 12.1. The molecule has 0 unspecified atom stereocenters. The summed E-state index contributed by atoms with van der Waals surface area (Å²) < 4.78 is 11.4. The van der Waals surface area contributed by atoms with Crippen molar-refractivity contribution >= 4 is 5.82 Å². The van der Waals surface area contributed by atoms with E-state index in [4.69, 9.17) is 14.4 Å². The Labute approximate surface area is 188 Å². The average molecular weight is 441 g/mol. The molecule has 8 nitrogen and oxygen atoms in total. The summed E-state index contributed by atoms with van der Waals surface area (Å²) in [6, 6.07) is 7.83. The lowest BCUT2D eigenvalue weighted by Crippen LogP contribution is -2.23. The molecule has 0 amide bonds. The molecular formula is C24H32N4O4. The van der Waals surface area contributed by atoms with Crippen LogP contribution in [0.25, 0.3) is 22.8 Å². The number of aliphatic hydroxyl groups is 2. The highest BCUT2D eigenvalue weighted by molar-refractivity contribution is 5.65. The molecule has 0 aliphatic carbocycles. The fourth-order valence-corrected chi connectivity index (χ4v) is 3.62. The largest absolute Gasteiger partial charge is 0.490 e. The van der Waals surface area contributed by atoms with Gasteiger partial charge in [-0.15, -0.1) is 0 Å². The number of aliphatic hydroxyl groups excluding tert-OH is 2. The van der Waals surface area contributed by atoms with Crippen molar-refractivity contribution < 1.29 is 19.5 Å². The molecule has 0 bridgehead atoms. The second kappa shape index (κ2) is 10.6. The molecule has 3 rings (SSSR count). The number of rotatable bonds is 10. The SMILES string of the molecule is CCc1cc(-c2noc(-c3cc(C)nc(N(CC)CC)c3)n2)cc(C)c1OC[C@@H](O)CO. The minimum atomic E-state index is -0.913. The van der Waals surface area contributed by atoms with Gasteiger partial charge in [0.15, 0.2) is 0 Å². The van der Waals surface area contributed by atoms with E-state index in [0.717, 1.165) is 53.3 Å². The van der Waals surface area contributed by atoms with Crippen LogP contribution in [0.15, 0.2) is 28.8 Å². The van der Waals surface area contributed by atoms with E-state index in [9.17, 15) is 5.11 Å². The first-order valence-corrected chi connectivity index (χ1v) is 11.0. The standard InChI is InChI=1S/C24H32N4O4/c1-6-17-11-18(9-15(4)22(17)31-14-20(30)13-29)23-26-24(32-27-23)19-10-16(5)25-21(12-19)28(7-2)8-3/h9-12,20,29-30H,6-8,13-14H2,1-5H3/t20-/m0/s1. The molecule has 0 saturated carbocycles. The lowest BCUT2D eigenvalue weighted by molar-refractivity contribution is 0.0531. The van der Waals surface area contributed by atoms with Crippen molar-refractivity contribution in [3.8, 4) is 28.6 Å². The van der Waals surface area contributed by atoms with Gasteiger partial charge >= 0.3 is 0 Å². The molecular weight excluding hydrogens is 408 g/mol. The second-order valence-corrected chi connectivity index (χ2v) is 7.73. The summed E-state index contributed by atoms with van der Waals surface area (Å²) in [5.41, 5.74) is 4.43. The maximum absolute atomic E-state index is 9.61. The van der Waals surface area contributed by atoms with Crippen LogP contribution in [0.4, 0.5) is 5.82 Å². The summed E-state index contributed by atoms with van der Waals surface area (Å²) in [6.07, 6.45) is -0.177. The molecule has 0 aliphatic rings. The number of hydrogen-bond donors (Lipinski definition) is 2. The van der Waals surface area contributed by atoms with Gasteiger partial charge in [0.05, 0.1) is 6.61 Å². The van der Waals surface area contributed by atoms with Gasteiger partial charge < -0.3 is 24.4 Å². The summed E-state index contributed by atoms with van der Waals surface area (Å²) in [5.74, 6) is 2.54. The van der Waals surface area contributed by atoms with Gasteiger partial charge in [-0.3, -0.25) is 0 Å².